The molecule has 1 aromatic rings. The van der Waals surface area contributed by atoms with Crippen LogP contribution in [0.25, 0.3) is 0 Å². The summed E-state index contributed by atoms with van der Waals surface area (Å²) in [6, 6.07) is 8.05. The first-order valence-corrected chi connectivity index (χ1v) is 9.69. The molecule has 3 atom stereocenters. The molecule has 158 valence electrons. The first-order valence-electron chi connectivity index (χ1n) is 9.69. The van der Waals surface area contributed by atoms with Gasteiger partial charge in [-0.1, -0.05) is 30.3 Å². The van der Waals surface area contributed by atoms with E-state index >= 15 is 0 Å². The molecule has 2 rings (SSSR count). The summed E-state index contributed by atoms with van der Waals surface area (Å²) < 4.78 is 5.00. The highest BCUT2D eigenvalue weighted by molar-refractivity contribution is 6.43. The number of carbonyl (C=O) groups is 3. The number of aryl methyl sites for hydroxylation is 1. The number of methoxy groups -OCH3 is 1. The van der Waals surface area contributed by atoms with Gasteiger partial charge in [0.15, 0.2) is 0 Å². The summed E-state index contributed by atoms with van der Waals surface area (Å²) in [7, 11) is -0.343. The second kappa shape index (κ2) is 11.5. The van der Waals surface area contributed by atoms with Crippen LogP contribution in [0.3, 0.4) is 0 Å². The molecule has 1 fully saturated rings. The van der Waals surface area contributed by atoms with E-state index in [9.17, 15) is 24.4 Å². The Morgan fingerprint density at radius 2 is 2.00 bits per heavy atom. The van der Waals surface area contributed by atoms with Gasteiger partial charge in [0.05, 0.1) is 12.5 Å². The molecule has 1 heterocycles. The lowest BCUT2D eigenvalue weighted by atomic mass is 9.76. The Kier molecular flexibility index (Phi) is 9.10. The van der Waals surface area contributed by atoms with Crippen LogP contribution in [0.4, 0.5) is 0 Å². The van der Waals surface area contributed by atoms with E-state index < -0.39 is 37.0 Å². The van der Waals surface area contributed by atoms with Crippen molar-refractivity contribution < 1.29 is 29.2 Å². The first kappa shape index (κ1) is 22.9. The maximum Gasteiger partial charge on any atom is 0.475 e. The van der Waals surface area contributed by atoms with Crippen molar-refractivity contribution in [1.82, 2.24) is 16.0 Å². The molecule has 29 heavy (non-hydrogen) atoms. The number of nitrogens with one attached hydrogen (secondary N) is 3. The summed E-state index contributed by atoms with van der Waals surface area (Å²) in [5, 5.41) is 26.9. The van der Waals surface area contributed by atoms with Crippen LogP contribution in [0.5, 0.6) is 0 Å². The molecule has 9 nitrogen and oxygen atoms in total. The molecular formula is C19H28BN3O6. The van der Waals surface area contributed by atoms with Gasteiger partial charge in [-0.05, 0) is 31.2 Å². The number of hydrogen-bond acceptors (Lipinski definition) is 6. The number of ether oxygens (including phenoxy) is 1. The minimum atomic E-state index is -1.73. The van der Waals surface area contributed by atoms with Gasteiger partial charge in [0.25, 0.3) is 0 Å². The highest BCUT2D eigenvalue weighted by Gasteiger charge is 2.32. The Morgan fingerprint density at radius 1 is 1.28 bits per heavy atom. The molecular weight excluding hydrogens is 377 g/mol. The van der Waals surface area contributed by atoms with E-state index in [1.807, 2.05) is 30.3 Å². The van der Waals surface area contributed by atoms with Gasteiger partial charge in [0.1, 0.15) is 12.1 Å². The fourth-order valence-corrected chi connectivity index (χ4v) is 3.18. The summed E-state index contributed by atoms with van der Waals surface area (Å²) in [4.78, 5) is 36.1. The molecule has 10 heteroatoms. The molecule has 1 aromatic carbocycles. The zero-order chi connectivity index (χ0) is 21.2. The average Bonchev–Trinajstić information content (AvgIpc) is 3.14. The van der Waals surface area contributed by atoms with Gasteiger partial charge in [0.2, 0.25) is 17.7 Å². The fraction of sp³-hybridized carbons (Fsp3) is 0.526. The maximum absolute atomic E-state index is 12.6. The Balaban J connectivity index is 1.88. The predicted octanol–water partition coefficient (Wildman–Crippen LogP) is -1.08. The van der Waals surface area contributed by atoms with Gasteiger partial charge in [-0.25, -0.2) is 0 Å². The minimum Gasteiger partial charge on any atom is -0.426 e. The normalized spacial score (nSPS) is 17.9. The lowest BCUT2D eigenvalue weighted by Crippen LogP contribution is -2.57. The molecule has 1 aliphatic rings. The zero-order valence-electron chi connectivity index (χ0n) is 16.5. The second-order valence-electron chi connectivity index (χ2n) is 7.08. The highest BCUT2D eigenvalue weighted by Crippen LogP contribution is 2.09. The fourth-order valence-electron chi connectivity index (χ4n) is 3.18. The van der Waals surface area contributed by atoms with Crippen molar-refractivity contribution >= 4 is 24.8 Å². The predicted molar refractivity (Wildman–Crippen MR) is 106 cm³/mol. The third kappa shape index (κ3) is 7.49. The van der Waals surface area contributed by atoms with Crippen LogP contribution in [-0.2, 0) is 25.5 Å². The smallest absolute Gasteiger partial charge is 0.426 e. The van der Waals surface area contributed by atoms with Gasteiger partial charge in [0, 0.05) is 13.5 Å². The molecule has 0 unspecified atom stereocenters. The molecule has 1 aliphatic heterocycles. The van der Waals surface area contributed by atoms with E-state index in [1.165, 1.54) is 7.11 Å². The molecule has 0 saturated carbocycles. The van der Waals surface area contributed by atoms with Gasteiger partial charge in [-0.15, -0.1) is 0 Å². The quantitative estimate of drug-likeness (QED) is 0.297. The number of benzene rings is 1. The highest BCUT2D eigenvalue weighted by atomic mass is 16.5. The molecule has 0 aliphatic carbocycles. The van der Waals surface area contributed by atoms with E-state index in [1.54, 1.807) is 0 Å². The van der Waals surface area contributed by atoms with Crippen LogP contribution in [0.15, 0.2) is 30.3 Å². The van der Waals surface area contributed by atoms with Crippen LogP contribution < -0.4 is 16.0 Å². The Labute approximate surface area is 170 Å². The van der Waals surface area contributed by atoms with E-state index in [-0.39, 0.29) is 18.9 Å². The summed E-state index contributed by atoms with van der Waals surface area (Å²) in [6.45, 7) is -0.0868. The van der Waals surface area contributed by atoms with Crippen molar-refractivity contribution in [2.45, 2.75) is 50.1 Å². The monoisotopic (exact) mass is 405 g/mol. The van der Waals surface area contributed by atoms with Crippen molar-refractivity contribution in [2.75, 3.05) is 13.7 Å². The largest absolute Gasteiger partial charge is 0.475 e. The van der Waals surface area contributed by atoms with Gasteiger partial charge < -0.3 is 30.7 Å². The van der Waals surface area contributed by atoms with Crippen LogP contribution in [0, 0.1) is 0 Å². The van der Waals surface area contributed by atoms with Crippen LogP contribution in [0.2, 0.25) is 0 Å². The van der Waals surface area contributed by atoms with E-state index in [0.29, 0.717) is 19.3 Å². The summed E-state index contributed by atoms with van der Waals surface area (Å²) >= 11 is 0. The Hall–Kier alpha value is -2.43. The maximum atomic E-state index is 12.6. The molecule has 0 aromatic heterocycles. The summed E-state index contributed by atoms with van der Waals surface area (Å²) in [5.74, 6) is -2.14. The van der Waals surface area contributed by atoms with Gasteiger partial charge in [-0.3, -0.25) is 14.4 Å². The molecule has 3 amide bonds. The van der Waals surface area contributed by atoms with Crippen molar-refractivity contribution in [2.24, 2.45) is 0 Å². The number of rotatable bonds is 11. The molecule has 0 bridgehead atoms. The van der Waals surface area contributed by atoms with E-state index in [0.717, 1.165) is 12.0 Å². The van der Waals surface area contributed by atoms with E-state index in [4.69, 9.17) is 4.74 Å². The lowest BCUT2D eigenvalue weighted by molar-refractivity contribution is -0.131. The summed E-state index contributed by atoms with van der Waals surface area (Å²) in [5.41, 5.74) is 1.12. The van der Waals surface area contributed by atoms with Crippen molar-refractivity contribution in [3.63, 3.8) is 0 Å². The third-order valence-electron chi connectivity index (χ3n) is 4.79. The van der Waals surface area contributed by atoms with Crippen LogP contribution in [-0.4, -0.2) is 66.6 Å². The third-order valence-corrected chi connectivity index (χ3v) is 4.79. The first-order chi connectivity index (χ1) is 13.9. The summed E-state index contributed by atoms with van der Waals surface area (Å²) in [6.07, 6.45) is 2.36. The lowest BCUT2D eigenvalue weighted by Gasteiger charge is -2.23. The second-order valence-corrected chi connectivity index (χ2v) is 7.08. The number of amides is 3. The number of carbonyl (C=O) groups excluding carboxylic acids is 3. The molecule has 0 spiro atoms. The Morgan fingerprint density at radius 3 is 2.59 bits per heavy atom. The standard InChI is InChI=1S/C19H28BN3O6/c1-29-12-15(22-18(25)14-10-11-17(24)21-14)19(26)23-16(20(27)28)9-5-8-13-6-3-2-4-7-13/h2-4,6-7,14-16,27-28H,5,8-12H2,1H3,(H,21,24)(H,22,25)(H,23,26)/t14-,15+,16-/m0/s1. The molecule has 1 saturated heterocycles. The topological polar surface area (TPSA) is 137 Å². The average molecular weight is 405 g/mol. The van der Waals surface area contributed by atoms with Gasteiger partial charge >= 0.3 is 7.12 Å². The van der Waals surface area contributed by atoms with Crippen LogP contribution in [0.1, 0.15) is 31.2 Å². The van der Waals surface area contributed by atoms with Crippen molar-refractivity contribution in [3.8, 4) is 0 Å². The molecule has 5 N–H and O–H groups in total. The van der Waals surface area contributed by atoms with E-state index in [2.05, 4.69) is 16.0 Å². The molecule has 0 radical (unpaired) electrons. The van der Waals surface area contributed by atoms with Crippen molar-refractivity contribution in [3.05, 3.63) is 35.9 Å². The zero-order valence-corrected chi connectivity index (χ0v) is 16.5. The van der Waals surface area contributed by atoms with Crippen LogP contribution >= 0.6 is 0 Å². The SMILES string of the molecule is COC[C@@H](NC(=O)[C@@H]1CCC(=O)N1)C(=O)N[C@@H](CCCc1ccccc1)B(O)O. The van der Waals surface area contributed by atoms with Gasteiger partial charge in [-0.2, -0.15) is 0 Å². The minimum absolute atomic E-state index is 0.0868. The van der Waals surface area contributed by atoms with Crippen molar-refractivity contribution in [1.29, 1.82) is 0 Å². The number of hydrogen-bond donors (Lipinski definition) is 5. The Bertz CT molecular complexity index is 688.